The van der Waals surface area contributed by atoms with Crippen LogP contribution in [0.15, 0.2) is 16.1 Å². The Bertz CT molecular complexity index is 214. The van der Waals surface area contributed by atoms with Crippen molar-refractivity contribution < 1.29 is 0 Å². The van der Waals surface area contributed by atoms with E-state index in [2.05, 4.69) is 37.4 Å². The highest BCUT2D eigenvalue weighted by Crippen LogP contribution is 2.00. The van der Waals surface area contributed by atoms with Gasteiger partial charge in [0.2, 0.25) is 0 Å². The molecule has 0 aromatic carbocycles. The first-order valence-electron chi connectivity index (χ1n) is 4.71. The fourth-order valence-electron chi connectivity index (χ4n) is 0.421. The number of nitrogens with zero attached hydrogens (tertiary/aromatic N) is 1. The lowest BCUT2D eigenvalue weighted by Crippen LogP contribution is -1.92. The van der Waals surface area contributed by atoms with Crippen molar-refractivity contribution in [3.63, 3.8) is 0 Å². The Morgan fingerprint density at radius 3 is 2.43 bits per heavy atom. The lowest BCUT2D eigenvalue weighted by atomic mass is 10.1. The Morgan fingerprint density at radius 2 is 2.14 bits per heavy atom. The molecule has 1 atom stereocenters. The predicted molar refractivity (Wildman–Crippen MR) is 68.6 cm³/mol. The number of thiol groups is 1. The second-order valence-corrected chi connectivity index (χ2v) is 2.99. The zero-order chi connectivity index (χ0) is 11.4. The van der Waals surface area contributed by atoms with Crippen molar-refractivity contribution in [3.05, 3.63) is 11.1 Å². The molecule has 0 aliphatic carbocycles. The summed E-state index contributed by atoms with van der Waals surface area (Å²) in [4.78, 5) is 4.06. The lowest BCUT2D eigenvalue weighted by Gasteiger charge is -1.97. The quantitative estimate of drug-likeness (QED) is 0.421. The van der Waals surface area contributed by atoms with Crippen LogP contribution in [0, 0.1) is 18.3 Å². The van der Waals surface area contributed by atoms with Gasteiger partial charge in [0.25, 0.3) is 0 Å². The summed E-state index contributed by atoms with van der Waals surface area (Å²) in [5.74, 6) is 2.90. The monoisotopic (exact) mass is 212 g/mol. The van der Waals surface area contributed by atoms with Crippen LogP contribution in [-0.4, -0.2) is 12.8 Å². The third-order valence-corrected chi connectivity index (χ3v) is 1.63. The van der Waals surface area contributed by atoms with Gasteiger partial charge in [-0.05, 0) is 24.8 Å². The van der Waals surface area contributed by atoms with Gasteiger partial charge in [-0.15, -0.1) is 19.1 Å². The van der Waals surface area contributed by atoms with Crippen molar-refractivity contribution in [1.29, 1.82) is 0 Å². The molecule has 0 saturated carbocycles. The highest BCUT2D eigenvalue weighted by Gasteiger charge is 1.91. The first kappa shape index (κ1) is 15.7. The standard InChI is InChI=1S/C9H13NS.C2H7N/c1-4-8(3)6-10-9(5-2)7-11;1-2-3/h2,6-8,11H,4H2,1,3H3;2-3H2,1H3/b9-7-,10-6?;. The maximum absolute atomic E-state index is 5.13. The highest BCUT2D eigenvalue weighted by atomic mass is 32.1. The third-order valence-electron chi connectivity index (χ3n) is 1.38. The molecule has 3 heteroatoms. The van der Waals surface area contributed by atoms with Gasteiger partial charge in [-0.2, -0.15) is 0 Å². The summed E-state index contributed by atoms with van der Waals surface area (Å²) in [6.45, 7) is 6.85. The van der Waals surface area contributed by atoms with Gasteiger partial charge in [-0.1, -0.05) is 20.8 Å². The number of terminal acetylenes is 1. The summed E-state index contributed by atoms with van der Waals surface area (Å²) in [6.07, 6.45) is 8.06. The van der Waals surface area contributed by atoms with Crippen LogP contribution in [0.4, 0.5) is 0 Å². The molecule has 80 valence electrons. The molecule has 0 aliphatic rings. The average Bonchev–Trinajstić information content (AvgIpc) is 2.20. The number of hydrogen-bond donors (Lipinski definition) is 2. The van der Waals surface area contributed by atoms with Crippen LogP contribution < -0.4 is 5.73 Å². The van der Waals surface area contributed by atoms with Crippen LogP contribution in [-0.2, 0) is 0 Å². The number of nitrogens with two attached hydrogens (primary N) is 1. The normalized spacial score (nSPS) is 13.0. The molecular weight excluding hydrogens is 192 g/mol. The molecule has 0 bridgehead atoms. The van der Waals surface area contributed by atoms with Crippen molar-refractivity contribution in [2.45, 2.75) is 27.2 Å². The number of allylic oxidation sites excluding steroid dienone is 1. The molecule has 0 rings (SSSR count). The van der Waals surface area contributed by atoms with Gasteiger partial charge in [0, 0.05) is 11.6 Å². The molecular formula is C11H20N2S. The molecule has 2 nitrogen and oxygen atoms in total. The topological polar surface area (TPSA) is 38.4 Å². The average molecular weight is 212 g/mol. The molecule has 0 aliphatic heterocycles. The molecule has 0 radical (unpaired) electrons. The van der Waals surface area contributed by atoms with Crippen LogP contribution in [0.1, 0.15) is 27.2 Å². The van der Waals surface area contributed by atoms with E-state index in [9.17, 15) is 0 Å². The maximum Gasteiger partial charge on any atom is 0.118 e. The van der Waals surface area contributed by atoms with Crippen molar-refractivity contribution >= 4 is 18.8 Å². The number of rotatable bonds is 3. The first-order valence-corrected chi connectivity index (χ1v) is 5.23. The summed E-state index contributed by atoms with van der Waals surface area (Å²) in [6, 6.07) is 0. The van der Waals surface area contributed by atoms with E-state index in [1.807, 2.05) is 13.1 Å². The predicted octanol–water partition coefficient (Wildman–Crippen LogP) is 2.47. The fraction of sp³-hybridized carbons (Fsp3) is 0.545. The minimum absolute atomic E-state index is 0.478. The summed E-state index contributed by atoms with van der Waals surface area (Å²) in [5.41, 5.74) is 5.42. The van der Waals surface area contributed by atoms with Crippen LogP contribution >= 0.6 is 12.6 Å². The van der Waals surface area contributed by atoms with Gasteiger partial charge < -0.3 is 5.73 Å². The zero-order valence-corrected chi connectivity index (χ0v) is 10.1. The van der Waals surface area contributed by atoms with Gasteiger partial charge >= 0.3 is 0 Å². The van der Waals surface area contributed by atoms with Gasteiger partial charge in [-0.25, -0.2) is 0 Å². The largest absolute Gasteiger partial charge is 0.331 e. The molecule has 0 amide bonds. The molecule has 0 fully saturated rings. The van der Waals surface area contributed by atoms with E-state index in [1.54, 1.807) is 0 Å². The minimum atomic E-state index is 0.478. The smallest absolute Gasteiger partial charge is 0.118 e. The molecule has 2 N–H and O–H groups in total. The summed E-state index contributed by atoms with van der Waals surface area (Å²) in [5, 5.41) is 1.53. The van der Waals surface area contributed by atoms with Gasteiger partial charge in [0.05, 0.1) is 0 Å². The highest BCUT2D eigenvalue weighted by molar-refractivity contribution is 7.83. The van der Waals surface area contributed by atoms with E-state index in [0.29, 0.717) is 11.6 Å². The fourth-order valence-corrected chi connectivity index (χ4v) is 0.562. The van der Waals surface area contributed by atoms with Crippen LogP contribution in [0.2, 0.25) is 0 Å². The van der Waals surface area contributed by atoms with Crippen molar-refractivity contribution in [2.75, 3.05) is 6.54 Å². The van der Waals surface area contributed by atoms with Crippen molar-refractivity contribution in [3.8, 4) is 12.3 Å². The third kappa shape index (κ3) is 11.3. The second kappa shape index (κ2) is 12.3. The van der Waals surface area contributed by atoms with Crippen LogP contribution in [0.3, 0.4) is 0 Å². The Kier molecular flexibility index (Phi) is 13.8. The number of hydrogen-bond acceptors (Lipinski definition) is 3. The SMILES string of the molecule is C#C/C(=C/S)N=CC(C)CC.CCN. The Labute approximate surface area is 93.1 Å². The molecule has 0 spiro atoms. The van der Waals surface area contributed by atoms with Gasteiger partial charge in [0.15, 0.2) is 0 Å². The minimum Gasteiger partial charge on any atom is -0.331 e. The van der Waals surface area contributed by atoms with Gasteiger partial charge in [-0.3, -0.25) is 4.99 Å². The summed E-state index contributed by atoms with van der Waals surface area (Å²) in [7, 11) is 0. The maximum atomic E-state index is 5.13. The van der Waals surface area contributed by atoms with E-state index in [4.69, 9.17) is 12.2 Å². The van der Waals surface area contributed by atoms with Crippen LogP contribution in [0.5, 0.6) is 0 Å². The lowest BCUT2D eigenvalue weighted by molar-refractivity contribution is 0.754. The van der Waals surface area contributed by atoms with E-state index in [0.717, 1.165) is 13.0 Å². The van der Waals surface area contributed by atoms with E-state index < -0.39 is 0 Å². The second-order valence-electron chi connectivity index (χ2n) is 2.73. The molecule has 0 saturated heterocycles. The molecule has 0 aromatic rings. The van der Waals surface area contributed by atoms with Crippen molar-refractivity contribution in [2.24, 2.45) is 16.6 Å². The van der Waals surface area contributed by atoms with Crippen molar-refractivity contribution in [1.82, 2.24) is 0 Å². The first-order chi connectivity index (χ1) is 6.65. The van der Waals surface area contributed by atoms with Gasteiger partial charge in [0.1, 0.15) is 5.70 Å². The van der Waals surface area contributed by atoms with E-state index in [1.165, 1.54) is 5.41 Å². The van der Waals surface area contributed by atoms with E-state index in [-0.39, 0.29) is 0 Å². The molecule has 0 aromatic heterocycles. The molecule has 1 unspecified atom stereocenters. The Balaban J connectivity index is 0. The molecule has 14 heavy (non-hydrogen) atoms. The summed E-state index contributed by atoms with van der Waals surface area (Å²) >= 11 is 3.91. The summed E-state index contributed by atoms with van der Waals surface area (Å²) < 4.78 is 0. The van der Waals surface area contributed by atoms with E-state index >= 15 is 0 Å². The Morgan fingerprint density at radius 1 is 1.64 bits per heavy atom. The Hall–Kier alpha value is -0.720. The van der Waals surface area contributed by atoms with Crippen LogP contribution in [0.25, 0.3) is 0 Å². The zero-order valence-electron chi connectivity index (χ0n) is 9.20. The molecule has 0 heterocycles. The number of aliphatic imine (C=N–C) groups is 1.